The van der Waals surface area contributed by atoms with Crippen molar-refractivity contribution >= 4 is 12.1 Å². The minimum absolute atomic E-state index is 0.0278. The maximum Gasteiger partial charge on any atom is 0.407 e. The lowest BCUT2D eigenvalue weighted by Gasteiger charge is -2.31. The molecule has 6 heteroatoms. The third-order valence-corrected chi connectivity index (χ3v) is 2.72. The Hall–Kier alpha value is -1.30. The van der Waals surface area contributed by atoms with Gasteiger partial charge >= 0.3 is 12.1 Å². The van der Waals surface area contributed by atoms with Crippen LogP contribution in [-0.4, -0.2) is 43.0 Å². The SMILES string of the molecule is COC(=O)N[C@H](C(=O)O)[C@@H]1CCO[C@H](C)C1. The van der Waals surface area contributed by atoms with E-state index in [0.29, 0.717) is 19.4 Å². The number of hydrogen-bond donors (Lipinski definition) is 2. The highest BCUT2D eigenvalue weighted by Crippen LogP contribution is 2.23. The Kier molecular flexibility index (Phi) is 4.54. The van der Waals surface area contributed by atoms with Gasteiger partial charge in [-0.05, 0) is 25.7 Å². The first-order valence-corrected chi connectivity index (χ1v) is 5.23. The molecular weight excluding hydrogens is 214 g/mol. The third kappa shape index (κ3) is 3.37. The minimum Gasteiger partial charge on any atom is -0.480 e. The third-order valence-electron chi connectivity index (χ3n) is 2.72. The van der Waals surface area contributed by atoms with Gasteiger partial charge in [0.1, 0.15) is 6.04 Å². The molecule has 0 aromatic carbocycles. The van der Waals surface area contributed by atoms with Crippen LogP contribution in [0.4, 0.5) is 4.79 Å². The second-order valence-electron chi connectivity index (χ2n) is 3.92. The van der Waals surface area contributed by atoms with Crippen molar-refractivity contribution in [3.05, 3.63) is 0 Å². The Labute approximate surface area is 93.9 Å². The minimum atomic E-state index is -1.04. The lowest BCUT2D eigenvalue weighted by atomic mass is 9.89. The Morgan fingerprint density at radius 1 is 1.56 bits per heavy atom. The first-order valence-electron chi connectivity index (χ1n) is 5.23. The number of rotatable bonds is 3. The average molecular weight is 231 g/mol. The van der Waals surface area contributed by atoms with Crippen molar-refractivity contribution in [1.82, 2.24) is 5.32 Å². The fourth-order valence-electron chi connectivity index (χ4n) is 1.90. The largest absolute Gasteiger partial charge is 0.480 e. The van der Waals surface area contributed by atoms with Gasteiger partial charge in [-0.25, -0.2) is 9.59 Å². The van der Waals surface area contributed by atoms with E-state index in [4.69, 9.17) is 9.84 Å². The molecule has 1 saturated heterocycles. The quantitative estimate of drug-likeness (QED) is 0.743. The van der Waals surface area contributed by atoms with Crippen LogP contribution in [0.1, 0.15) is 19.8 Å². The van der Waals surface area contributed by atoms with Gasteiger partial charge < -0.3 is 19.9 Å². The maximum atomic E-state index is 11.0. The summed E-state index contributed by atoms with van der Waals surface area (Å²) in [5, 5.41) is 11.4. The Morgan fingerprint density at radius 2 is 2.25 bits per heavy atom. The number of carboxylic acids is 1. The number of methoxy groups -OCH3 is 1. The second-order valence-corrected chi connectivity index (χ2v) is 3.92. The van der Waals surface area contributed by atoms with Gasteiger partial charge in [-0.15, -0.1) is 0 Å². The van der Waals surface area contributed by atoms with Crippen LogP contribution in [0.3, 0.4) is 0 Å². The standard InChI is InChI=1S/C10H17NO5/c1-6-5-7(3-4-16-6)8(9(12)13)11-10(14)15-2/h6-8H,3-5H2,1-2H3,(H,11,14)(H,12,13)/t6-,7-,8+/m1/s1. The van der Waals surface area contributed by atoms with E-state index < -0.39 is 18.1 Å². The number of alkyl carbamates (subject to hydrolysis) is 1. The highest BCUT2D eigenvalue weighted by atomic mass is 16.5. The highest BCUT2D eigenvalue weighted by molar-refractivity contribution is 5.80. The summed E-state index contributed by atoms with van der Waals surface area (Å²) in [6.45, 7) is 2.42. The molecule has 0 spiro atoms. The monoisotopic (exact) mass is 231 g/mol. The molecule has 0 saturated carbocycles. The fourth-order valence-corrected chi connectivity index (χ4v) is 1.90. The molecule has 0 aliphatic carbocycles. The van der Waals surface area contributed by atoms with E-state index in [1.54, 1.807) is 0 Å². The number of carbonyl (C=O) groups is 2. The molecule has 2 N–H and O–H groups in total. The van der Waals surface area contributed by atoms with Crippen LogP contribution in [0.25, 0.3) is 0 Å². The molecule has 1 rings (SSSR count). The topological polar surface area (TPSA) is 84.9 Å². The summed E-state index contributed by atoms with van der Waals surface area (Å²) < 4.78 is 9.74. The number of hydrogen-bond acceptors (Lipinski definition) is 4. The summed E-state index contributed by atoms with van der Waals surface area (Å²) in [5.74, 6) is -1.15. The summed E-state index contributed by atoms with van der Waals surface area (Å²) in [7, 11) is 1.21. The molecule has 0 aromatic rings. The zero-order chi connectivity index (χ0) is 12.1. The number of carboxylic acid groups (broad SMARTS) is 1. The number of ether oxygens (including phenoxy) is 2. The first kappa shape index (κ1) is 12.8. The van der Waals surface area contributed by atoms with Gasteiger partial charge in [0.25, 0.3) is 0 Å². The zero-order valence-electron chi connectivity index (χ0n) is 9.43. The Balaban J connectivity index is 2.61. The van der Waals surface area contributed by atoms with Crippen LogP contribution in [0, 0.1) is 5.92 Å². The van der Waals surface area contributed by atoms with Crippen molar-refractivity contribution in [3.8, 4) is 0 Å². The van der Waals surface area contributed by atoms with E-state index in [1.807, 2.05) is 6.92 Å². The summed E-state index contributed by atoms with van der Waals surface area (Å²) in [6.07, 6.45) is 0.568. The summed E-state index contributed by atoms with van der Waals surface area (Å²) >= 11 is 0. The van der Waals surface area contributed by atoms with E-state index in [1.165, 1.54) is 7.11 Å². The van der Waals surface area contributed by atoms with Gasteiger partial charge in [0, 0.05) is 6.61 Å². The molecule has 1 amide bonds. The van der Waals surface area contributed by atoms with Gasteiger partial charge in [-0.2, -0.15) is 0 Å². The molecule has 16 heavy (non-hydrogen) atoms. The molecule has 1 aliphatic rings. The van der Waals surface area contributed by atoms with Crippen molar-refractivity contribution in [2.45, 2.75) is 31.9 Å². The first-order chi connectivity index (χ1) is 7.54. The van der Waals surface area contributed by atoms with Gasteiger partial charge in [0.05, 0.1) is 13.2 Å². The summed E-state index contributed by atoms with van der Waals surface area (Å²) in [4.78, 5) is 22.1. The van der Waals surface area contributed by atoms with Gasteiger partial charge in [-0.1, -0.05) is 0 Å². The molecule has 3 atom stereocenters. The summed E-state index contributed by atoms with van der Waals surface area (Å²) in [6, 6.07) is -0.904. The molecule has 0 radical (unpaired) electrons. The second kappa shape index (κ2) is 5.69. The zero-order valence-corrected chi connectivity index (χ0v) is 9.43. The van der Waals surface area contributed by atoms with E-state index in [2.05, 4.69) is 10.1 Å². The van der Waals surface area contributed by atoms with Gasteiger partial charge in [0.2, 0.25) is 0 Å². The average Bonchev–Trinajstić information content (AvgIpc) is 2.25. The highest BCUT2D eigenvalue weighted by Gasteiger charge is 2.33. The Morgan fingerprint density at radius 3 is 2.75 bits per heavy atom. The molecule has 92 valence electrons. The van der Waals surface area contributed by atoms with Crippen LogP contribution >= 0.6 is 0 Å². The predicted octanol–water partition coefficient (Wildman–Crippen LogP) is 0.611. The van der Waals surface area contributed by atoms with Crippen molar-refractivity contribution in [2.75, 3.05) is 13.7 Å². The predicted molar refractivity (Wildman–Crippen MR) is 55.1 cm³/mol. The molecular formula is C10H17NO5. The lowest BCUT2D eigenvalue weighted by molar-refractivity contribution is -0.142. The molecule has 0 bridgehead atoms. The van der Waals surface area contributed by atoms with E-state index in [9.17, 15) is 9.59 Å². The van der Waals surface area contributed by atoms with Crippen LogP contribution < -0.4 is 5.32 Å². The maximum absolute atomic E-state index is 11.0. The van der Waals surface area contributed by atoms with Crippen molar-refractivity contribution in [1.29, 1.82) is 0 Å². The van der Waals surface area contributed by atoms with Gasteiger partial charge in [0.15, 0.2) is 0 Å². The van der Waals surface area contributed by atoms with Crippen LogP contribution in [0.2, 0.25) is 0 Å². The number of nitrogens with one attached hydrogen (secondary N) is 1. The van der Waals surface area contributed by atoms with Gasteiger partial charge in [-0.3, -0.25) is 0 Å². The van der Waals surface area contributed by atoms with Crippen LogP contribution in [0.15, 0.2) is 0 Å². The molecule has 0 aromatic heterocycles. The molecule has 1 fully saturated rings. The molecule has 1 heterocycles. The fraction of sp³-hybridized carbons (Fsp3) is 0.800. The Bertz CT molecular complexity index is 268. The molecule has 1 aliphatic heterocycles. The van der Waals surface area contributed by atoms with E-state index in [-0.39, 0.29) is 12.0 Å². The van der Waals surface area contributed by atoms with E-state index in [0.717, 1.165) is 0 Å². The normalized spacial score (nSPS) is 26.9. The lowest BCUT2D eigenvalue weighted by Crippen LogP contribution is -2.48. The van der Waals surface area contributed by atoms with E-state index >= 15 is 0 Å². The van der Waals surface area contributed by atoms with Crippen molar-refractivity contribution < 1.29 is 24.2 Å². The summed E-state index contributed by atoms with van der Waals surface area (Å²) in [5.41, 5.74) is 0. The number of aliphatic carboxylic acids is 1. The number of amides is 1. The number of carbonyl (C=O) groups excluding carboxylic acids is 1. The molecule has 6 nitrogen and oxygen atoms in total. The van der Waals surface area contributed by atoms with Crippen LogP contribution in [0.5, 0.6) is 0 Å². The molecule has 0 unspecified atom stereocenters. The van der Waals surface area contributed by atoms with Crippen molar-refractivity contribution in [2.24, 2.45) is 5.92 Å². The van der Waals surface area contributed by atoms with Crippen molar-refractivity contribution in [3.63, 3.8) is 0 Å². The van der Waals surface area contributed by atoms with Crippen LogP contribution in [-0.2, 0) is 14.3 Å². The smallest absolute Gasteiger partial charge is 0.407 e.